The fourth-order valence-electron chi connectivity index (χ4n) is 1.48. The minimum absolute atomic E-state index is 0.203. The molecule has 1 heterocycles. The molecule has 0 aliphatic carbocycles. The van der Waals surface area contributed by atoms with Gasteiger partial charge in [0.1, 0.15) is 24.4 Å². The second-order valence-corrected chi connectivity index (χ2v) is 3.67. The Bertz CT molecular complexity index is 246. The summed E-state index contributed by atoms with van der Waals surface area (Å²) in [6.07, 6.45) is -6.21. The molecule has 16 heavy (non-hydrogen) atoms. The van der Waals surface area contributed by atoms with Gasteiger partial charge in [-0.05, 0) is 0 Å². The Morgan fingerprint density at radius 2 is 1.88 bits per heavy atom. The minimum Gasteiger partial charge on any atom is -0.394 e. The predicted molar refractivity (Wildman–Crippen MR) is 52.2 cm³/mol. The van der Waals surface area contributed by atoms with Gasteiger partial charge in [-0.25, -0.2) is 0 Å². The van der Waals surface area contributed by atoms with Crippen LogP contribution in [0.2, 0.25) is 0 Å². The van der Waals surface area contributed by atoms with Crippen LogP contribution < -0.4 is 5.32 Å². The van der Waals surface area contributed by atoms with E-state index in [4.69, 9.17) is 9.84 Å². The Morgan fingerprint density at radius 1 is 1.25 bits per heavy atom. The monoisotopic (exact) mass is 235 g/mol. The standard InChI is InChI=1S/C9H17NO6/c1-2-5(12)10-9-8(15)7(14)6(13)4(3-11)16-9/h4,6-9,11,13-15H,2-3H2,1H3,(H,10,12)/t4-,6+,7+,8+,9-/m1/s1. The van der Waals surface area contributed by atoms with Crippen LogP contribution in [0.5, 0.6) is 0 Å². The van der Waals surface area contributed by atoms with Crippen molar-refractivity contribution in [1.82, 2.24) is 5.32 Å². The van der Waals surface area contributed by atoms with E-state index >= 15 is 0 Å². The molecule has 0 bridgehead atoms. The van der Waals surface area contributed by atoms with Gasteiger partial charge in [-0.1, -0.05) is 6.92 Å². The van der Waals surface area contributed by atoms with Crippen molar-refractivity contribution < 1.29 is 30.0 Å². The molecule has 1 saturated heterocycles. The maximum atomic E-state index is 11.1. The van der Waals surface area contributed by atoms with Crippen LogP contribution in [-0.4, -0.2) is 63.6 Å². The third-order valence-electron chi connectivity index (χ3n) is 2.52. The highest BCUT2D eigenvalue weighted by molar-refractivity contribution is 5.75. The van der Waals surface area contributed by atoms with Crippen molar-refractivity contribution in [3.63, 3.8) is 0 Å². The minimum atomic E-state index is -1.46. The lowest BCUT2D eigenvalue weighted by Gasteiger charge is -2.40. The second-order valence-electron chi connectivity index (χ2n) is 3.67. The molecule has 5 N–H and O–H groups in total. The maximum absolute atomic E-state index is 11.1. The van der Waals surface area contributed by atoms with Gasteiger partial charge in [-0.15, -0.1) is 0 Å². The normalized spacial score (nSPS) is 39.4. The third kappa shape index (κ3) is 2.69. The van der Waals surface area contributed by atoms with E-state index in [1.807, 2.05) is 0 Å². The smallest absolute Gasteiger partial charge is 0.221 e. The molecule has 0 spiro atoms. The molecule has 0 saturated carbocycles. The van der Waals surface area contributed by atoms with E-state index in [0.29, 0.717) is 0 Å². The van der Waals surface area contributed by atoms with Crippen LogP contribution in [0.25, 0.3) is 0 Å². The summed E-state index contributed by atoms with van der Waals surface area (Å²) >= 11 is 0. The van der Waals surface area contributed by atoms with Gasteiger partial charge in [0.15, 0.2) is 6.23 Å². The van der Waals surface area contributed by atoms with Crippen molar-refractivity contribution in [2.24, 2.45) is 0 Å². The SMILES string of the molecule is CCC(=O)N[C@@H]1O[C@H](CO)[C@H](O)[C@H](O)[C@@H]1O. The molecule has 7 nitrogen and oxygen atoms in total. The summed E-state index contributed by atoms with van der Waals surface area (Å²) in [5.74, 6) is -0.357. The van der Waals surface area contributed by atoms with Gasteiger partial charge in [0.2, 0.25) is 5.91 Å². The largest absolute Gasteiger partial charge is 0.394 e. The average molecular weight is 235 g/mol. The van der Waals surface area contributed by atoms with E-state index in [2.05, 4.69) is 5.32 Å². The lowest BCUT2D eigenvalue weighted by molar-refractivity contribution is -0.235. The predicted octanol–water partition coefficient (Wildman–Crippen LogP) is -2.69. The number of ether oxygens (including phenoxy) is 1. The molecule has 7 heteroatoms. The number of carbonyl (C=O) groups excluding carboxylic acids is 1. The molecule has 0 aromatic heterocycles. The van der Waals surface area contributed by atoms with Crippen LogP contribution in [0.1, 0.15) is 13.3 Å². The number of hydrogen-bond acceptors (Lipinski definition) is 6. The van der Waals surface area contributed by atoms with Crippen LogP contribution in [0, 0.1) is 0 Å². The Morgan fingerprint density at radius 3 is 2.38 bits per heavy atom. The molecule has 94 valence electrons. The van der Waals surface area contributed by atoms with Gasteiger partial charge >= 0.3 is 0 Å². The van der Waals surface area contributed by atoms with Gasteiger partial charge in [-0.3, -0.25) is 4.79 Å². The van der Waals surface area contributed by atoms with Crippen molar-refractivity contribution in [3.8, 4) is 0 Å². The number of nitrogens with one attached hydrogen (secondary N) is 1. The number of hydrogen-bond donors (Lipinski definition) is 5. The molecule has 1 amide bonds. The maximum Gasteiger partial charge on any atom is 0.221 e. The summed E-state index contributed by atoms with van der Waals surface area (Å²) in [5.41, 5.74) is 0. The van der Waals surface area contributed by atoms with E-state index in [9.17, 15) is 20.1 Å². The second kappa shape index (κ2) is 5.55. The molecular weight excluding hydrogens is 218 g/mol. The zero-order valence-corrected chi connectivity index (χ0v) is 8.91. The zero-order chi connectivity index (χ0) is 12.3. The van der Waals surface area contributed by atoms with Crippen molar-refractivity contribution in [2.75, 3.05) is 6.61 Å². The zero-order valence-electron chi connectivity index (χ0n) is 8.91. The topological polar surface area (TPSA) is 119 Å². The fraction of sp³-hybridized carbons (Fsp3) is 0.889. The highest BCUT2D eigenvalue weighted by Gasteiger charge is 2.43. The van der Waals surface area contributed by atoms with Gasteiger partial charge < -0.3 is 30.5 Å². The molecule has 1 aliphatic rings. The van der Waals surface area contributed by atoms with Crippen molar-refractivity contribution in [3.05, 3.63) is 0 Å². The Balaban J connectivity index is 2.67. The van der Waals surface area contributed by atoms with Gasteiger partial charge in [0.05, 0.1) is 6.61 Å². The summed E-state index contributed by atoms with van der Waals surface area (Å²) in [6, 6.07) is 0. The third-order valence-corrected chi connectivity index (χ3v) is 2.52. The quantitative estimate of drug-likeness (QED) is 0.363. The van der Waals surface area contributed by atoms with E-state index < -0.39 is 37.3 Å². The summed E-state index contributed by atoms with van der Waals surface area (Å²) in [6.45, 7) is 1.11. The Hall–Kier alpha value is -0.730. The first-order valence-electron chi connectivity index (χ1n) is 5.11. The number of amides is 1. The number of carbonyl (C=O) groups is 1. The highest BCUT2D eigenvalue weighted by Crippen LogP contribution is 2.19. The van der Waals surface area contributed by atoms with Gasteiger partial charge in [-0.2, -0.15) is 0 Å². The van der Waals surface area contributed by atoms with Crippen LogP contribution in [0.15, 0.2) is 0 Å². The molecule has 0 aromatic carbocycles. The molecule has 0 radical (unpaired) electrons. The van der Waals surface area contributed by atoms with Crippen molar-refractivity contribution in [2.45, 2.75) is 44.0 Å². The Kier molecular flexibility index (Phi) is 4.63. The molecular formula is C9H17NO6. The van der Waals surface area contributed by atoms with Crippen LogP contribution in [0.3, 0.4) is 0 Å². The molecule has 1 rings (SSSR count). The Labute approximate surface area is 92.7 Å². The first-order valence-corrected chi connectivity index (χ1v) is 5.11. The summed E-state index contributed by atoms with van der Waals surface area (Å²) in [4.78, 5) is 11.1. The molecule has 0 unspecified atom stereocenters. The first-order chi connectivity index (χ1) is 7.51. The summed E-state index contributed by atoms with van der Waals surface area (Å²) in [7, 11) is 0. The summed E-state index contributed by atoms with van der Waals surface area (Å²) < 4.78 is 5.06. The first kappa shape index (κ1) is 13.3. The molecule has 1 aliphatic heterocycles. The number of rotatable bonds is 3. The fourth-order valence-corrected chi connectivity index (χ4v) is 1.48. The van der Waals surface area contributed by atoms with E-state index in [0.717, 1.165) is 0 Å². The van der Waals surface area contributed by atoms with Gasteiger partial charge in [0.25, 0.3) is 0 Å². The van der Waals surface area contributed by atoms with E-state index in [-0.39, 0.29) is 12.3 Å². The van der Waals surface area contributed by atoms with E-state index in [1.165, 1.54) is 0 Å². The highest BCUT2D eigenvalue weighted by atomic mass is 16.6. The summed E-state index contributed by atoms with van der Waals surface area (Å²) in [5, 5.41) is 39.6. The lowest BCUT2D eigenvalue weighted by Crippen LogP contribution is -2.63. The van der Waals surface area contributed by atoms with E-state index in [1.54, 1.807) is 6.92 Å². The number of aliphatic hydroxyl groups is 4. The molecule has 5 atom stereocenters. The molecule has 1 fully saturated rings. The van der Waals surface area contributed by atoms with Crippen molar-refractivity contribution in [1.29, 1.82) is 0 Å². The van der Waals surface area contributed by atoms with Crippen molar-refractivity contribution >= 4 is 5.91 Å². The molecule has 0 aromatic rings. The van der Waals surface area contributed by atoms with Crippen LogP contribution in [-0.2, 0) is 9.53 Å². The average Bonchev–Trinajstić information content (AvgIpc) is 2.29. The van der Waals surface area contributed by atoms with Crippen LogP contribution in [0.4, 0.5) is 0 Å². The number of aliphatic hydroxyl groups excluding tert-OH is 4. The van der Waals surface area contributed by atoms with Gasteiger partial charge in [0, 0.05) is 6.42 Å². The van der Waals surface area contributed by atoms with Crippen LogP contribution >= 0.6 is 0 Å². The lowest BCUT2D eigenvalue weighted by atomic mass is 9.98.